The Morgan fingerprint density at radius 2 is 1.97 bits per heavy atom. The van der Waals surface area contributed by atoms with Crippen molar-refractivity contribution in [1.82, 2.24) is 4.90 Å². The van der Waals surface area contributed by atoms with Crippen LogP contribution in [-0.2, 0) is 11.3 Å². The molecule has 2 amide bonds. The summed E-state index contributed by atoms with van der Waals surface area (Å²) < 4.78 is 10.9. The first-order valence-corrected chi connectivity index (χ1v) is 9.98. The number of halogens is 1. The maximum absolute atomic E-state index is 12.7. The Balaban J connectivity index is 1.82. The van der Waals surface area contributed by atoms with Crippen LogP contribution in [0.25, 0.3) is 6.08 Å². The summed E-state index contributed by atoms with van der Waals surface area (Å²) in [5.74, 6) is 0.534. The van der Waals surface area contributed by atoms with E-state index >= 15 is 0 Å². The molecule has 3 rings (SSSR count). The minimum atomic E-state index is -0.373. The van der Waals surface area contributed by atoms with E-state index in [0.29, 0.717) is 39.2 Å². The molecule has 0 spiro atoms. The van der Waals surface area contributed by atoms with Gasteiger partial charge in [0.25, 0.3) is 11.1 Å². The molecule has 0 saturated carbocycles. The number of ether oxygens (including phenoxy) is 2. The number of carbonyl (C=O) groups excluding carboxylic acids is 2. The van der Waals surface area contributed by atoms with Crippen molar-refractivity contribution in [2.75, 3.05) is 13.2 Å². The van der Waals surface area contributed by atoms with E-state index in [1.165, 1.54) is 4.90 Å². The number of nitriles is 1. The van der Waals surface area contributed by atoms with Gasteiger partial charge in [0.1, 0.15) is 6.07 Å². The van der Waals surface area contributed by atoms with Crippen molar-refractivity contribution in [1.29, 1.82) is 5.26 Å². The SMILES string of the molecule is CCOc1cc(/C=C2\SC(=O)N(Cc3ccccc3Cl)C2=O)ccc1OCC#N. The quantitative estimate of drug-likeness (QED) is 0.585. The number of rotatable bonds is 7. The van der Waals surface area contributed by atoms with Crippen LogP contribution in [0.2, 0.25) is 5.02 Å². The Hall–Kier alpha value is -2.95. The number of hydrogen-bond donors (Lipinski definition) is 0. The van der Waals surface area contributed by atoms with E-state index in [-0.39, 0.29) is 24.3 Å². The van der Waals surface area contributed by atoms with E-state index in [1.807, 2.05) is 13.0 Å². The molecule has 148 valence electrons. The van der Waals surface area contributed by atoms with E-state index in [0.717, 1.165) is 11.8 Å². The molecule has 2 aromatic rings. The number of hydrogen-bond acceptors (Lipinski definition) is 6. The standard InChI is InChI=1S/C21H17ClN2O4S/c1-2-27-18-11-14(7-8-17(18)28-10-9-23)12-19-20(25)24(21(26)29-19)13-15-5-3-4-6-16(15)22/h3-8,11-12H,2,10,13H2,1H3/b19-12-. The summed E-state index contributed by atoms with van der Waals surface area (Å²) in [7, 11) is 0. The molecule has 1 aliphatic heterocycles. The van der Waals surface area contributed by atoms with Gasteiger partial charge in [0.05, 0.1) is 18.1 Å². The zero-order chi connectivity index (χ0) is 20.8. The highest BCUT2D eigenvalue weighted by atomic mass is 35.5. The van der Waals surface area contributed by atoms with Crippen LogP contribution in [0.5, 0.6) is 11.5 Å². The van der Waals surface area contributed by atoms with Crippen molar-refractivity contribution in [3.8, 4) is 17.6 Å². The van der Waals surface area contributed by atoms with Gasteiger partial charge in [-0.1, -0.05) is 35.9 Å². The third-order valence-corrected chi connectivity index (χ3v) is 5.29. The molecular weight excluding hydrogens is 412 g/mol. The Morgan fingerprint density at radius 1 is 1.17 bits per heavy atom. The minimum absolute atomic E-state index is 0.0969. The van der Waals surface area contributed by atoms with Crippen molar-refractivity contribution < 1.29 is 19.1 Å². The lowest BCUT2D eigenvalue weighted by molar-refractivity contribution is -0.123. The van der Waals surface area contributed by atoms with Crippen molar-refractivity contribution in [2.24, 2.45) is 0 Å². The molecule has 29 heavy (non-hydrogen) atoms. The van der Waals surface area contributed by atoms with E-state index < -0.39 is 0 Å². The van der Waals surface area contributed by atoms with Crippen molar-refractivity contribution >= 4 is 40.6 Å². The molecule has 0 aromatic heterocycles. The monoisotopic (exact) mass is 428 g/mol. The molecule has 2 aromatic carbocycles. The Labute approximate surface area is 177 Å². The van der Waals surface area contributed by atoms with Crippen LogP contribution >= 0.6 is 23.4 Å². The lowest BCUT2D eigenvalue weighted by Gasteiger charge is -2.13. The van der Waals surface area contributed by atoms with Gasteiger partial charge in [0, 0.05) is 5.02 Å². The minimum Gasteiger partial charge on any atom is -0.490 e. The molecule has 1 heterocycles. The van der Waals surface area contributed by atoms with Gasteiger partial charge in [-0.15, -0.1) is 0 Å². The third kappa shape index (κ3) is 4.91. The van der Waals surface area contributed by atoms with E-state index in [2.05, 4.69) is 0 Å². The number of thioether (sulfide) groups is 1. The van der Waals surface area contributed by atoms with Gasteiger partial charge in [-0.05, 0) is 54.1 Å². The Bertz CT molecular complexity index is 1020. The normalized spacial score (nSPS) is 14.9. The fourth-order valence-electron chi connectivity index (χ4n) is 2.70. The van der Waals surface area contributed by atoms with Crippen molar-refractivity contribution in [3.05, 3.63) is 63.5 Å². The third-order valence-electron chi connectivity index (χ3n) is 4.02. The number of benzene rings is 2. The highest BCUT2D eigenvalue weighted by Crippen LogP contribution is 2.36. The fourth-order valence-corrected chi connectivity index (χ4v) is 3.73. The fraction of sp³-hybridized carbons (Fsp3) is 0.190. The van der Waals surface area contributed by atoms with Gasteiger partial charge >= 0.3 is 0 Å². The summed E-state index contributed by atoms with van der Waals surface area (Å²) in [5, 5.41) is 8.84. The van der Waals surface area contributed by atoms with Crippen LogP contribution in [-0.4, -0.2) is 29.3 Å². The summed E-state index contributed by atoms with van der Waals surface area (Å²) in [6.45, 7) is 2.27. The maximum Gasteiger partial charge on any atom is 0.293 e. The number of nitrogens with zero attached hydrogens (tertiary/aromatic N) is 2. The van der Waals surface area contributed by atoms with Gasteiger partial charge in [-0.3, -0.25) is 14.5 Å². The van der Waals surface area contributed by atoms with Gasteiger partial charge in [-0.2, -0.15) is 5.26 Å². The van der Waals surface area contributed by atoms with Crippen molar-refractivity contribution in [2.45, 2.75) is 13.5 Å². The summed E-state index contributed by atoms with van der Waals surface area (Å²) in [5.41, 5.74) is 1.39. The predicted octanol–water partition coefficient (Wildman–Crippen LogP) is 4.88. The van der Waals surface area contributed by atoms with Gasteiger partial charge in [0.15, 0.2) is 18.1 Å². The second kappa shape index (κ2) is 9.50. The van der Waals surface area contributed by atoms with Crippen LogP contribution in [0.15, 0.2) is 47.4 Å². The molecule has 0 radical (unpaired) electrons. The first kappa shape index (κ1) is 20.8. The van der Waals surface area contributed by atoms with E-state index in [4.69, 9.17) is 26.3 Å². The summed E-state index contributed by atoms with van der Waals surface area (Å²) in [4.78, 5) is 26.6. The highest BCUT2D eigenvalue weighted by molar-refractivity contribution is 8.18. The maximum atomic E-state index is 12.7. The first-order chi connectivity index (χ1) is 14.0. The largest absolute Gasteiger partial charge is 0.490 e. The average Bonchev–Trinajstić information content (AvgIpc) is 2.96. The molecule has 1 saturated heterocycles. The van der Waals surface area contributed by atoms with Crippen LogP contribution in [0, 0.1) is 11.3 Å². The molecule has 0 atom stereocenters. The van der Waals surface area contributed by atoms with Gasteiger partial charge < -0.3 is 9.47 Å². The van der Waals surface area contributed by atoms with Gasteiger partial charge in [-0.25, -0.2) is 0 Å². The lowest BCUT2D eigenvalue weighted by Crippen LogP contribution is -2.27. The topological polar surface area (TPSA) is 79.6 Å². The zero-order valence-electron chi connectivity index (χ0n) is 15.6. The second-order valence-corrected chi connectivity index (χ2v) is 7.35. The second-order valence-electron chi connectivity index (χ2n) is 5.95. The smallest absolute Gasteiger partial charge is 0.293 e. The predicted molar refractivity (Wildman–Crippen MR) is 112 cm³/mol. The molecule has 0 N–H and O–H groups in total. The Morgan fingerprint density at radius 3 is 2.69 bits per heavy atom. The summed E-state index contributed by atoms with van der Waals surface area (Å²) >= 11 is 7.03. The number of carbonyl (C=O) groups is 2. The van der Waals surface area contributed by atoms with Crippen LogP contribution < -0.4 is 9.47 Å². The molecule has 0 bridgehead atoms. The molecule has 1 aliphatic rings. The van der Waals surface area contributed by atoms with Crippen LogP contribution in [0.3, 0.4) is 0 Å². The summed E-state index contributed by atoms with van der Waals surface area (Å²) in [6.07, 6.45) is 1.63. The van der Waals surface area contributed by atoms with Crippen molar-refractivity contribution in [3.63, 3.8) is 0 Å². The Kier molecular flexibility index (Phi) is 6.81. The zero-order valence-corrected chi connectivity index (χ0v) is 17.1. The average molecular weight is 429 g/mol. The van der Waals surface area contributed by atoms with Crippen LogP contribution in [0.1, 0.15) is 18.1 Å². The number of amides is 2. The highest BCUT2D eigenvalue weighted by Gasteiger charge is 2.35. The molecule has 8 heteroatoms. The summed E-state index contributed by atoms with van der Waals surface area (Å²) in [6, 6.07) is 14.1. The molecule has 0 unspecified atom stereocenters. The first-order valence-electron chi connectivity index (χ1n) is 8.79. The van der Waals surface area contributed by atoms with Gasteiger partial charge in [0.2, 0.25) is 0 Å². The van der Waals surface area contributed by atoms with Crippen LogP contribution in [0.4, 0.5) is 4.79 Å². The van der Waals surface area contributed by atoms with E-state index in [1.54, 1.807) is 48.5 Å². The van der Waals surface area contributed by atoms with E-state index in [9.17, 15) is 9.59 Å². The molecule has 0 aliphatic carbocycles. The molecular formula is C21H17ClN2O4S. The molecule has 6 nitrogen and oxygen atoms in total. The lowest BCUT2D eigenvalue weighted by atomic mass is 10.1. The number of imide groups is 1. The molecule has 1 fully saturated rings.